The van der Waals surface area contributed by atoms with Crippen molar-refractivity contribution in [1.29, 1.82) is 0 Å². The van der Waals surface area contributed by atoms with E-state index in [1.165, 1.54) is 0 Å². The summed E-state index contributed by atoms with van der Waals surface area (Å²) in [6.45, 7) is 1.89. The first-order valence-electron chi connectivity index (χ1n) is 6.75. The molecule has 0 amide bonds. The van der Waals surface area contributed by atoms with E-state index in [0.29, 0.717) is 5.89 Å². The van der Waals surface area contributed by atoms with E-state index in [4.69, 9.17) is 10.2 Å². The van der Waals surface area contributed by atoms with E-state index in [0.717, 1.165) is 32.9 Å². The number of aryl methyl sites for hydroxylation is 1. The monoisotopic (exact) mass is 308 g/mol. The first-order chi connectivity index (χ1) is 10.7. The number of hydrogen-bond acceptors (Lipinski definition) is 6. The predicted octanol–water partition coefficient (Wildman–Crippen LogP) is 3.90. The van der Waals surface area contributed by atoms with Gasteiger partial charge in [-0.3, -0.25) is 0 Å². The average Bonchev–Trinajstić information content (AvgIpc) is 3.14. The summed E-state index contributed by atoms with van der Waals surface area (Å²) in [5.41, 5.74) is 9.84. The molecule has 6 heteroatoms. The third-order valence-corrected chi connectivity index (χ3v) is 4.14. The molecule has 3 aromatic heterocycles. The number of oxazole rings is 1. The third-order valence-electron chi connectivity index (χ3n) is 3.29. The molecule has 4 aromatic rings. The molecule has 0 aliphatic rings. The van der Waals surface area contributed by atoms with Crippen LogP contribution >= 0.6 is 11.3 Å². The van der Waals surface area contributed by atoms with Crippen LogP contribution < -0.4 is 5.73 Å². The molecule has 3 heterocycles. The van der Waals surface area contributed by atoms with E-state index in [2.05, 4.69) is 15.0 Å². The molecule has 0 aliphatic carbocycles. The molecule has 0 unspecified atom stereocenters. The van der Waals surface area contributed by atoms with E-state index in [-0.39, 0.29) is 5.95 Å². The number of fused-ring (bicyclic) bond motifs is 1. The zero-order valence-corrected chi connectivity index (χ0v) is 12.6. The SMILES string of the molecule is Cc1cc(-c2ccc3oc(-c4cccs4)nc3c2)nc(N)n1. The highest BCUT2D eigenvalue weighted by atomic mass is 32.1. The van der Waals surface area contributed by atoms with Gasteiger partial charge in [-0.05, 0) is 42.6 Å². The first kappa shape index (κ1) is 13.0. The third kappa shape index (κ3) is 2.23. The van der Waals surface area contributed by atoms with Crippen molar-refractivity contribution < 1.29 is 4.42 Å². The lowest BCUT2D eigenvalue weighted by molar-refractivity contribution is 0.621. The summed E-state index contributed by atoms with van der Waals surface area (Å²) in [6.07, 6.45) is 0. The molecule has 5 nitrogen and oxygen atoms in total. The molecule has 0 aliphatic heterocycles. The summed E-state index contributed by atoms with van der Waals surface area (Å²) >= 11 is 1.60. The van der Waals surface area contributed by atoms with Gasteiger partial charge in [0, 0.05) is 11.3 Å². The van der Waals surface area contributed by atoms with Gasteiger partial charge in [0.2, 0.25) is 11.8 Å². The molecule has 4 rings (SSSR count). The summed E-state index contributed by atoms with van der Waals surface area (Å²) < 4.78 is 5.79. The van der Waals surface area contributed by atoms with Crippen LogP contribution in [0.25, 0.3) is 33.1 Å². The van der Waals surface area contributed by atoms with Crippen molar-refractivity contribution in [2.45, 2.75) is 6.92 Å². The Morgan fingerprint density at radius 1 is 1.09 bits per heavy atom. The van der Waals surface area contributed by atoms with Crippen molar-refractivity contribution in [3.8, 4) is 22.0 Å². The van der Waals surface area contributed by atoms with Gasteiger partial charge in [0.05, 0.1) is 10.6 Å². The highest BCUT2D eigenvalue weighted by molar-refractivity contribution is 7.13. The van der Waals surface area contributed by atoms with Crippen molar-refractivity contribution in [3.63, 3.8) is 0 Å². The average molecular weight is 308 g/mol. The van der Waals surface area contributed by atoms with Gasteiger partial charge in [0.1, 0.15) is 5.52 Å². The lowest BCUT2D eigenvalue weighted by Gasteiger charge is -2.02. The predicted molar refractivity (Wildman–Crippen MR) is 87.5 cm³/mol. The van der Waals surface area contributed by atoms with Crippen LogP contribution in [0.2, 0.25) is 0 Å². The zero-order valence-electron chi connectivity index (χ0n) is 11.8. The Hall–Kier alpha value is -2.73. The first-order valence-corrected chi connectivity index (χ1v) is 7.63. The molecular weight excluding hydrogens is 296 g/mol. The molecule has 0 spiro atoms. The van der Waals surface area contributed by atoms with Gasteiger partial charge in [-0.2, -0.15) is 0 Å². The van der Waals surface area contributed by atoms with Gasteiger partial charge in [0.15, 0.2) is 5.58 Å². The van der Waals surface area contributed by atoms with Gasteiger partial charge in [-0.1, -0.05) is 6.07 Å². The fraction of sp³-hybridized carbons (Fsp3) is 0.0625. The lowest BCUT2D eigenvalue weighted by Crippen LogP contribution is -1.98. The van der Waals surface area contributed by atoms with Crippen LogP contribution in [0.5, 0.6) is 0 Å². The number of hydrogen-bond donors (Lipinski definition) is 1. The molecule has 0 fully saturated rings. The fourth-order valence-electron chi connectivity index (χ4n) is 2.33. The Balaban J connectivity index is 1.83. The number of benzene rings is 1. The normalized spacial score (nSPS) is 11.1. The minimum atomic E-state index is 0.273. The van der Waals surface area contributed by atoms with E-state index < -0.39 is 0 Å². The van der Waals surface area contributed by atoms with Gasteiger partial charge in [-0.25, -0.2) is 15.0 Å². The Morgan fingerprint density at radius 2 is 2.00 bits per heavy atom. The molecule has 108 valence electrons. The highest BCUT2D eigenvalue weighted by Crippen LogP contribution is 2.30. The quantitative estimate of drug-likeness (QED) is 0.607. The second-order valence-corrected chi connectivity index (χ2v) is 5.88. The van der Waals surface area contributed by atoms with E-state index in [9.17, 15) is 0 Å². The van der Waals surface area contributed by atoms with Crippen LogP contribution in [-0.4, -0.2) is 15.0 Å². The number of nitrogens with two attached hydrogens (primary N) is 1. The topological polar surface area (TPSA) is 77.8 Å². The molecule has 1 aromatic carbocycles. The number of nitrogens with zero attached hydrogens (tertiary/aromatic N) is 3. The Labute approximate surface area is 130 Å². The number of rotatable bonds is 2. The minimum Gasteiger partial charge on any atom is -0.435 e. The molecule has 0 bridgehead atoms. The largest absolute Gasteiger partial charge is 0.435 e. The maximum atomic E-state index is 5.79. The van der Waals surface area contributed by atoms with Gasteiger partial charge in [-0.15, -0.1) is 11.3 Å². The Bertz CT molecular complexity index is 939. The van der Waals surface area contributed by atoms with Crippen molar-refractivity contribution in [3.05, 3.63) is 47.5 Å². The summed E-state index contributed by atoms with van der Waals surface area (Å²) in [4.78, 5) is 13.9. The number of thiophene rings is 1. The smallest absolute Gasteiger partial charge is 0.237 e. The van der Waals surface area contributed by atoms with Crippen molar-refractivity contribution >= 4 is 28.4 Å². The molecule has 0 saturated carbocycles. The number of aromatic nitrogens is 3. The van der Waals surface area contributed by atoms with Crippen molar-refractivity contribution in [2.75, 3.05) is 5.73 Å². The lowest BCUT2D eigenvalue weighted by atomic mass is 10.1. The molecule has 22 heavy (non-hydrogen) atoms. The summed E-state index contributed by atoms with van der Waals surface area (Å²) in [6, 6.07) is 11.7. The minimum absolute atomic E-state index is 0.273. The van der Waals surface area contributed by atoms with Gasteiger partial charge < -0.3 is 10.2 Å². The molecule has 0 radical (unpaired) electrons. The van der Waals surface area contributed by atoms with Crippen LogP contribution in [0, 0.1) is 6.92 Å². The van der Waals surface area contributed by atoms with Crippen LogP contribution in [0.4, 0.5) is 5.95 Å². The summed E-state index contributed by atoms with van der Waals surface area (Å²) in [7, 11) is 0. The van der Waals surface area contributed by atoms with Gasteiger partial charge >= 0.3 is 0 Å². The second-order valence-electron chi connectivity index (χ2n) is 4.93. The fourth-order valence-corrected chi connectivity index (χ4v) is 2.98. The maximum absolute atomic E-state index is 5.79. The zero-order chi connectivity index (χ0) is 15.1. The summed E-state index contributed by atoms with van der Waals surface area (Å²) in [5.74, 6) is 0.912. The maximum Gasteiger partial charge on any atom is 0.237 e. The standard InChI is InChI=1S/C16H12N4OS/c1-9-7-11(20-16(17)18-9)10-4-5-13-12(8-10)19-15(21-13)14-3-2-6-22-14/h2-8H,1H3,(H2,17,18,20). The van der Waals surface area contributed by atoms with E-state index in [1.54, 1.807) is 11.3 Å². The molecule has 0 saturated heterocycles. The van der Waals surface area contributed by atoms with E-state index >= 15 is 0 Å². The summed E-state index contributed by atoms with van der Waals surface area (Å²) in [5, 5.41) is 2.00. The van der Waals surface area contributed by atoms with Gasteiger partial charge in [0.25, 0.3) is 0 Å². The van der Waals surface area contributed by atoms with E-state index in [1.807, 2.05) is 48.7 Å². The van der Waals surface area contributed by atoms with Crippen LogP contribution in [0.1, 0.15) is 5.69 Å². The molecule has 0 atom stereocenters. The van der Waals surface area contributed by atoms with Crippen LogP contribution in [0.15, 0.2) is 46.2 Å². The van der Waals surface area contributed by atoms with Crippen LogP contribution in [0.3, 0.4) is 0 Å². The Morgan fingerprint density at radius 3 is 2.77 bits per heavy atom. The van der Waals surface area contributed by atoms with Crippen molar-refractivity contribution in [1.82, 2.24) is 15.0 Å². The highest BCUT2D eigenvalue weighted by Gasteiger charge is 2.11. The Kier molecular flexibility index (Phi) is 2.90. The molecule has 2 N–H and O–H groups in total. The molecular formula is C16H12N4OS. The van der Waals surface area contributed by atoms with Crippen LogP contribution in [-0.2, 0) is 0 Å². The number of anilines is 1. The number of nitrogen functional groups attached to an aromatic ring is 1. The second kappa shape index (κ2) is 4.92. The van der Waals surface area contributed by atoms with Crippen molar-refractivity contribution in [2.24, 2.45) is 0 Å².